The maximum Gasteiger partial charge on any atom is 0.162 e. The molecular weight excluding hydrogens is 248 g/mol. The minimum Gasteiger partial charge on any atom is -0.374 e. The van der Waals surface area contributed by atoms with Gasteiger partial charge in [-0.2, -0.15) is 0 Å². The van der Waals surface area contributed by atoms with Crippen molar-refractivity contribution >= 4 is 0 Å². The highest BCUT2D eigenvalue weighted by atomic mass is 19.2. The molecule has 1 N–H and O–H groups in total. The molecule has 0 saturated carbocycles. The van der Waals surface area contributed by atoms with Crippen LogP contribution in [0.2, 0.25) is 0 Å². The van der Waals surface area contributed by atoms with Gasteiger partial charge in [-0.3, -0.25) is 0 Å². The topological polar surface area (TPSA) is 21.3 Å². The second-order valence-corrected chi connectivity index (χ2v) is 5.29. The SMILES string of the molecule is CCNC(Cc1cccc(F)c1F)C1(C)CCCO1. The Morgan fingerprint density at radius 2 is 2.21 bits per heavy atom. The van der Waals surface area contributed by atoms with Crippen LogP contribution < -0.4 is 5.32 Å². The highest BCUT2D eigenvalue weighted by molar-refractivity contribution is 5.21. The minimum absolute atomic E-state index is 0.00343. The van der Waals surface area contributed by atoms with Crippen LogP contribution in [0.15, 0.2) is 18.2 Å². The second-order valence-electron chi connectivity index (χ2n) is 5.29. The summed E-state index contributed by atoms with van der Waals surface area (Å²) in [4.78, 5) is 0. The molecule has 2 unspecified atom stereocenters. The minimum atomic E-state index is -0.787. The molecule has 1 heterocycles. The number of rotatable bonds is 5. The fourth-order valence-electron chi connectivity index (χ4n) is 2.75. The standard InChI is InChI=1S/C15H21F2NO/c1-3-18-13(15(2)8-5-9-19-15)10-11-6-4-7-12(16)14(11)17/h4,6-7,13,18H,3,5,8-10H2,1-2H3. The summed E-state index contributed by atoms with van der Waals surface area (Å²) < 4.78 is 32.9. The smallest absolute Gasteiger partial charge is 0.162 e. The van der Waals surface area contributed by atoms with E-state index in [2.05, 4.69) is 5.32 Å². The van der Waals surface area contributed by atoms with E-state index in [0.717, 1.165) is 32.1 Å². The summed E-state index contributed by atoms with van der Waals surface area (Å²) in [5, 5.41) is 3.35. The molecule has 0 bridgehead atoms. The number of nitrogens with one attached hydrogen (secondary N) is 1. The van der Waals surface area contributed by atoms with Crippen molar-refractivity contribution in [1.29, 1.82) is 0 Å². The zero-order valence-electron chi connectivity index (χ0n) is 11.5. The van der Waals surface area contributed by atoms with Gasteiger partial charge >= 0.3 is 0 Å². The van der Waals surface area contributed by atoms with E-state index in [1.807, 2.05) is 13.8 Å². The van der Waals surface area contributed by atoms with Crippen LogP contribution in [0.4, 0.5) is 8.78 Å². The monoisotopic (exact) mass is 269 g/mol. The zero-order chi connectivity index (χ0) is 13.9. The predicted octanol–water partition coefficient (Wildman–Crippen LogP) is 3.05. The van der Waals surface area contributed by atoms with E-state index in [1.165, 1.54) is 0 Å². The van der Waals surface area contributed by atoms with Gasteiger partial charge in [0.05, 0.1) is 5.60 Å². The molecule has 1 aromatic carbocycles. The van der Waals surface area contributed by atoms with Crippen LogP contribution in [-0.4, -0.2) is 24.8 Å². The Kier molecular flexibility index (Phi) is 4.53. The fraction of sp³-hybridized carbons (Fsp3) is 0.600. The molecule has 4 heteroatoms. The van der Waals surface area contributed by atoms with Gasteiger partial charge in [0.25, 0.3) is 0 Å². The van der Waals surface area contributed by atoms with E-state index < -0.39 is 11.6 Å². The molecule has 1 saturated heterocycles. The lowest BCUT2D eigenvalue weighted by Crippen LogP contribution is -2.49. The first-order valence-electron chi connectivity index (χ1n) is 6.87. The van der Waals surface area contributed by atoms with E-state index in [1.54, 1.807) is 12.1 Å². The Morgan fingerprint density at radius 1 is 1.42 bits per heavy atom. The molecule has 2 atom stereocenters. The third-order valence-electron chi connectivity index (χ3n) is 3.89. The van der Waals surface area contributed by atoms with Crippen molar-refractivity contribution in [2.75, 3.05) is 13.2 Å². The Balaban J connectivity index is 2.18. The van der Waals surface area contributed by atoms with Gasteiger partial charge in [-0.25, -0.2) is 8.78 Å². The van der Waals surface area contributed by atoms with Crippen molar-refractivity contribution in [3.05, 3.63) is 35.4 Å². The first kappa shape index (κ1) is 14.4. The van der Waals surface area contributed by atoms with E-state index in [4.69, 9.17) is 4.74 Å². The fourth-order valence-corrected chi connectivity index (χ4v) is 2.75. The lowest BCUT2D eigenvalue weighted by molar-refractivity contribution is -0.0112. The largest absolute Gasteiger partial charge is 0.374 e. The lowest BCUT2D eigenvalue weighted by Gasteiger charge is -2.34. The maximum absolute atomic E-state index is 13.8. The predicted molar refractivity (Wildman–Crippen MR) is 71.1 cm³/mol. The summed E-state index contributed by atoms with van der Waals surface area (Å²) >= 11 is 0. The molecule has 0 amide bonds. The number of likely N-dealkylation sites (N-methyl/N-ethyl adjacent to an activating group) is 1. The molecule has 1 aliphatic heterocycles. The number of hydrogen-bond acceptors (Lipinski definition) is 2. The molecule has 0 aliphatic carbocycles. The van der Waals surface area contributed by atoms with E-state index >= 15 is 0 Å². The second kappa shape index (κ2) is 5.97. The molecule has 2 rings (SSSR count). The molecule has 19 heavy (non-hydrogen) atoms. The van der Waals surface area contributed by atoms with Crippen molar-refractivity contribution < 1.29 is 13.5 Å². The zero-order valence-corrected chi connectivity index (χ0v) is 11.5. The molecule has 106 valence electrons. The van der Waals surface area contributed by atoms with Gasteiger partial charge in [0.2, 0.25) is 0 Å². The number of ether oxygens (including phenoxy) is 1. The van der Waals surface area contributed by atoms with Crippen LogP contribution >= 0.6 is 0 Å². The average molecular weight is 269 g/mol. The number of benzene rings is 1. The first-order chi connectivity index (χ1) is 9.07. The number of halogens is 2. The molecule has 0 radical (unpaired) electrons. The lowest BCUT2D eigenvalue weighted by atomic mass is 9.88. The van der Waals surface area contributed by atoms with Crippen molar-refractivity contribution in [2.45, 2.75) is 44.8 Å². The van der Waals surface area contributed by atoms with Crippen LogP contribution in [0.3, 0.4) is 0 Å². The molecule has 0 aromatic heterocycles. The molecule has 1 aliphatic rings. The van der Waals surface area contributed by atoms with Crippen molar-refractivity contribution in [3.8, 4) is 0 Å². The Labute approximate surface area is 113 Å². The summed E-state index contributed by atoms with van der Waals surface area (Å²) in [6.07, 6.45) is 2.40. The molecule has 2 nitrogen and oxygen atoms in total. The van der Waals surface area contributed by atoms with Gasteiger partial charge in [0, 0.05) is 12.6 Å². The van der Waals surface area contributed by atoms with Crippen molar-refractivity contribution in [2.24, 2.45) is 0 Å². The number of hydrogen-bond donors (Lipinski definition) is 1. The highest BCUT2D eigenvalue weighted by Crippen LogP contribution is 2.31. The molecule has 1 fully saturated rings. The summed E-state index contributed by atoms with van der Waals surface area (Å²) in [7, 11) is 0. The van der Waals surface area contributed by atoms with Crippen molar-refractivity contribution in [3.63, 3.8) is 0 Å². The third-order valence-corrected chi connectivity index (χ3v) is 3.89. The van der Waals surface area contributed by atoms with E-state index in [-0.39, 0.29) is 11.6 Å². The summed E-state index contributed by atoms with van der Waals surface area (Å²) in [6.45, 7) is 5.57. The summed E-state index contributed by atoms with van der Waals surface area (Å²) in [5.41, 5.74) is 0.108. The van der Waals surface area contributed by atoms with Gasteiger partial charge in [-0.1, -0.05) is 19.1 Å². The van der Waals surface area contributed by atoms with E-state index in [0.29, 0.717) is 12.0 Å². The van der Waals surface area contributed by atoms with Crippen LogP contribution in [0.1, 0.15) is 32.3 Å². The van der Waals surface area contributed by atoms with Gasteiger partial charge in [0.1, 0.15) is 0 Å². The first-order valence-corrected chi connectivity index (χ1v) is 6.87. The van der Waals surface area contributed by atoms with Gasteiger partial charge in [-0.15, -0.1) is 0 Å². The van der Waals surface area contributed by atoms with Crippen LogP contribution in [0.25, 0.3) is 0 Å². The van der Waals surface area contributed by atoms with Crippen molar-refractivity contribution in [1.82, 2.24) is 5.32 Å². The molecular formula is C15H21F2NO. The average Bonchev–Trinajstić information content (AvgIpc) is 2.82. The van der Waals surface area contributed by atoms with Gasteiger partial charge in [0.15, 0.2) is 11.6 Å². The Bertz CT molecular complexity index is 430. The third kappa shape index (κ3) is 3.12. The van der Waals surface area contributed by atoms with Gasteiger partial charge in [-0.05, 0) is 44.4 Å². The Morgan fingerprint density at radius 3 is 2.84 bits per heavy atom. The summed E-state index contributed by atoms with van der Waals surface area (Å²) in [5.74, 6) is -1.53. The Hall–Kier alpha value is -1.00. The van der Waals surface area contributed by atoms with Crippen LogP contribution in [-0.2, 0) is 11.2 Å². The van der Waals surface area contributed by atoms with Gasteiger partial charge < -0.3 is 10.1 Å². The van der Waals surface area contributed by atoms with Crippen LogP contribution in [0, 0.1) is 11.6 Å². The molecule has 0 spiro atoms. The van der Waals surface area contributed by atoms with E-state index in [9.17, 15) is 8.78 Å². The van der Waals surface area contributed by atoms with Crippen LogP contribution in [0.5, 0.6) is 0 Å². The quantitative estimate of drug-likeness (QED) is 0.887. The summed E-state index contributed by atoms with van der Waals surface area (Å²) in [6, 6.07) is 4.33. The molecule has 1 aromatic rings. The highest BCUT2D eigenvalue weighted by Gasteiger charge is 2.38. The normalized spacial score (nSPS) is 24.6. The maximum atomic E-state index is 13.8.